The zero-order valence-electron chi connectivity index (χ0n) is 8.49. The van der Waals surface area contributed by atoms with Gasteiger partial charge in [-0.2, -0.15) is 11.8 Å². The number of hydrogen-bond acceptors (Lipinski definition) is 3. The molecule has 0 aromatic heterocycles. The van der Waals surface area contributed by atoms with Gasteiger partial charge < -0.3 is 10.4 Å². The van der Waals surface area contributed by atoms with E-state index in [0.29, 0.717) is 11.4 Å². The monoisotopic (exact) mass is 259 g/mol. The second kappa shape index (κ2) is 5.77. The van der Waals surface area contributed by atoms with Crippen molar-refractivity contribution in [2.75, 3.05) is 17.3 Å². The highest BCUT2D eigenvalue weighted by atomic mass is 35.5. The third kappa shape index (κ3) is 3.43. The average molecular weight is 260 g/mol. The summed E-state index contributed by atoms with van der Waals surface area (Å²) in [5.74, 6) is -0.892. The molecule has 0 aliphatic rings. The van der Waals surface area contributed by atoms with Gasteiger partial charge in [0.15, 0.2) is 0 Å². The molecule has 1 aromatic rings. The van der Waals surface area contributed by atoms with E-state index in [-0.39, 0.29) is 16.5 Å². The number of amides is 1. The number of aromatic carboxylic acids is 1. The number of carboxylic acid groups (broad SMARTS) is 1. The number of benzene rings is 1. The lowest BCUT2D eigenvalue weighted by molar-refractivity contribution is -0.113. The number of hydrogen-bond donors (Lipinski definition) is 2. The van der Waals surface area contributed by atoms with E-state index >= 15 is 0 Å². The first-order valence-electron chi connectivity index (χ1n) is 4.36. The number of nitrogens with one attached hydrogen (secondary N) is 1. The van der Waals surface area contributed by atoms with Crippen LogP contribution in [-0.2, 0) is 4.79 Å². The highest BCUT2D eigenvalue weighted by molar-refractivity contribution is 7.99. The van der Waals surface area contributed by atoms with Crippen molar-refractivity contribution in [1.82, 2.24) is 0 Å². The minimum atomic E-state index is -1.09. The van der Waals surface area contributed by atoms with Crippen molar-refractivity contribution in [2.24, 2.45) is 0 Å². The maximum Gasteiger partial charge on any atom is 0.337 e. The van der Waals surface area contributed by atoms with Gasteiger partial charge in [-0.3, -0.25) is 4.79 Å². The van der Waals surface area contributed by atoms with Gasteiger partial charge >= 0.3 is 5.97 Å². The van der Waals surface area contributed by atoms with Gasteiger partial charge in [0.1, 0.15) is 0 Å². The van der Waals surface area contributed by atoms with E-state index in [1.165, 1.54) is 30.0 Å². The van der Waals surface area contributed by atoms with Gasteiger partial charge in [-0.25, -0.2) is 4.79 Å². The first-order valence-corrected chi connectivity index (χ1v) is 6.13. The second-order valence-corrected chi connectivity index (χ2v) is 4.25. The summed E-state index contributed by atoms with van der Waals surface area (Å²) in [5, 5.41) is 11.5. The zero-order valence-corrected chi connectivity index (χ0v) is 10.1. The molecule has 0 aliphatic carbocycles. The SMILES string of the molecule is CSCC(=O)Nc1ccc(C(=O)O)c(Cl)c1. The molecular weight excluding hydrogens is 250 g/mol. The molecular formula is C10H10ClNO3S. The largest absolute Gasteiger partial charge is 0.478 e. The summed E-state index contributed by atoms with van der Waals surface area (Å²) < 4.78 is 0. The van der Waals surface area contributed by atoms with Gasteiger partial charge in [0.25, 0.3) is 0 Å². The second-order valence-electron chi connectivity index (χ2n) is 2.98. The zero-order chi connectivity index (χ0) is 12.1. The maximum absolute atomic E-state index is 11.3. The molecule has 0 atom stereocenters. The Morgan fingerprint density at radius 1 is 1.50 bits per heavy atom. The van der Waals surface area contributed by atoms with Crippen LogP contribution in [0.15, 0.2) is 18.2 Å². The normalized spacial score (nSPS) is 9.88. The van der Waals surface area contributed by atoms with E-state index in [9.17, 15) is 9.59 Å². The molecule has 0 unspecified atom stereocenters. The Labute approximate surface area is 102 Å². The topological polar surface area (TPSA) is 66.4 Å². The number of halogens is 1. The predicted molar refractivity (Wildman–Crippen MR) is 65.4 cm³/mol. The van der Waals surface area contributed by atoms with Crippen molar-refractivity contribution in [1.29, 1.82) is 0 Å². The highest BCUT2D eigenvalue weighted by Gasteiger charge is 2.09. The van der Waals surface area contributed by atoms with Crippen molar-refractivity contribution < 1.29 is 14.7 Å². The molecule has 6 heteroatoms. The predicted octanol–water partition coefficient (Wildman–Crippen LogP) is 2.34. The average Bonchev–Trinajstić information content (AvgIpc) is 2.17. The van der Waals surface area contributed by atoms with Gasteiger partial charge in [0, 0.05) is 5.69 Å². The van der Waals surface area contributed by atoms with E-state index in [0.717, 1.165) is 0 Å². The van der Waals surface area contributed by atoms with E-state index in [1.54, 1.807) is 0 Å². The van der Waals surface area contributed by atoms with Crippen molar-refractivity contribution in [3.05, 3.63) is 28.8 Å². The standard InChI is InChI=1S/C10H10ClNO3S/c1-16-5-9(13)12-6-2-3-7(10(14)15)8(11)4-6/h2-4H,5H2,1H3,(H,12,13)(H,14,15). The molecule has 0 fully saturated rings. The van der Waals surface area contributed by atoms with Crippen LogP contribution in [0.2, 0.25) is 5.02 Å². The lowest BCUT2D eigenvalue weighted by Crippen LogP contribution is -2.13. The minimum Gasteiger partial charge on any atom is -0.478 e. The number of thioether (sulfide) groups is 1. The molecule has 1 aromatic carbocycles. The van der Waals surface area contributed by atoms with Crippen LogP contribution in [0.1, 0.15) is 10.4 Å². The molecule has 86 valence electrons. The van der Waals surface area contributed by atoms with E-state index in [2.05, 4.69) is 5.32 Å². The molecule has 4 nitrogen and oxygen atoms in total. The van der Waals surface area contributed by atoms with Crippen molar-refractivity contribution in [2.45, 2.75) is 0 Å². The third-order valence-electron chi connectivity index (χ3n) is 1.76. The van der Waals surface area contributed by atoms with E-state index in [4.69, 9.17) is 16.7 Å². The molecule has 2 N–H and O–H groups in total. The smallest absolute Gasteiger partial charge is 0.337 e. The first-order chi connectivity index (χ1) is 7.54. The maximum atomic E-state index is 11.3. The van der Waals surface area contributed by atoms with Gasteiger partial charge in [0.2, 0.25) is 5.91 Å². The first kappa shape index (κ1) is 12.9. The number of rotatable bonds is 4. The lowest BCUT2D eigenvalue weighted by Gasteiger charge is -2.05. The lowest BCUT2D eigenvalue weighted by atomic mass is 10.2. The Hall–Kier alpha value is -1.20. The summed E-state index contributed by atoms with van der Waals surface area (Å²) in [5.41, 5.74) is 0.513. The molecule has 0 saturated carbocycles. The van der Waals surface area contributed by atoms with Crippen LogP contribution in [0.25, 0.3) is 0 Å². The number of carboxylic acids is 1. The van der Waals surface area contributed by atoms with E-state index in [1.807, 2.05) is 6.26 Å². The Bertz CT molecular complexity index is 423. The van der Waals surface area contributed by atoms with Crippen LogP contribution in [0.5, 0.6) is 0 Å². The molecule has 0 spiro atoms. The molecule has 0 aliphatic heterocycles. The fourth-order valence-electron chi connectivity index (χ4n) is 1.09. The fraction of sp³-hybridized carbons (Fsp3) is 0.200. The Morgan fingerprint density at radius 2 is 2.19 bits per heavy atom. The molecule has 1 amide bonds. The fourth-order valence-corrected chi connectivity index (χ4v) is 1.69. The number of anilines is 1. The van der Waals surface area contributed by atoms with Crippen LogP contribution >= 0.6 is 23.4 Å². The molecule has 0 saturated heterocycles. The minimum absolute atomic E-state index is 0.0181. The van der Waals surface area contributed by atoms with Crippen molar-refractivity contribution in [3.8, 4) is 0 Å². The van der Waals surface area contributed by atoms with Gasteiger partial charge in [-0.15, -0.1) is 0 Å². The summed E-state index contributed by atoms with van der Waals surface area (Å²) in [7, 11) is 0. The molecule has 0 heterocycles. The summed E-state index contributed by atoms with van der Waals surface area (Å²) in [4.78, 5) is 21.9. The summed E-state index contributed by atoms with van der Waals surface area (Å²) in [6, 6.07) is 4.29. The molecule has 16 heavy (non-hydrogen) atoms. The van der Waals surface area contributed by atoms with Crippen molar-refractivity contribution >= 4 is 40.9 Å². The third-order valence-corrected chi connectivity index (χ3v) is 2.62. The Kier molecular flexibility index (Phi) is 4.64. The molecule has 1 rings (SSSR count). The van der Waals surface area contributed by atoms with Crippen molar-refractivity contribution in [3.63, 3.8) is 0 Å². The highest BCUT2D eigenvalue weighted by Crippen LogP contribution is 2.21. The quantitative estimate of drug-likeness (QED) is 0.871. The number of carbonyl (C=O) groups is 2. The summed E-state index contributed by atoms with van der Waals surface area (Å²) in [6.45, 7) is 0. The van der Waals surface area contributed by atoms with Crippen LogP contribution in [0.4, 0.5) is 5.69 Å². The van der Waals surface area contributed by atoms with Gasteiger partial charge in [-0.1, -0.05) is 11.6 Å². The molecule has 0 radical (unpaired) electrons. The van der Waals surface area contributed by atoms with Crippen LogP contribution in [-0.4, -0.2) is 29.0 Å². The van der Waals surface area contributed by atoms with Crippen LogP contribution < -0.4 is 5.32 Å². The number of carbonyl (C=O) groups excluding carboxylic acids is 1. The summed E-state index contributed by atoms with van der Waals surface area (Å²) in [6.07, 6.45) is 1.82. The van der Waals surface area contributed by atoms with Gasteiger partial charge in [-0.05, 0) is 24.5 Å². The van der Waals surface area contributed by atoms with Gasteiger partial charge in [0.05, 0.1) is 16.3 Å². The Morgan fingerprint density at radius 3 is 2.69 bits per heavy atom. The van der Waals surface area contributed by atoms with Crippen LogP contribution in [0.3, 0.4) is 0 Å². The molecule has 0 bridgehead atoms. The van der Waals surface area contributed by atoms with Crippen LogP contribution in [0, 0.1) is 0 Å². The Balaban J connectivity index is 2.81. The summed E-state index contributed by atoms with van der Waals surface area (Å²) >= 11 is 7.15. The van der Waals surface area contributed by atoms with E-state index < -0.39 is 5.97 Å².